The van der Waals surface area contributed by atoms with Crippen LogP contribution in [0.4, 0.5) is 0 Å². The van der Waals surface area contributed by atoms with Crippen molar-refractivity contribution in [3.05, 3.63) is 48.2 Å². The summed E-state index contributed by atoms with van der Waals surface area (Å²) in [6, 6.07) is 11.2. The van der Waals surface area contributed by atoms with Crippen LogP contribution in [0.15, 0.2) is 42.6 Å². The molecule has 1 aromatic heterocycles. The SMILES string of the molecule is CCOc1ccccc1Oc1ccc(CNC(=O)[C@@H]2CCC[C@@H]2CN)cn1. The summed E-state index contributed by atoms with van der Waals surface area (Å²) >= 11 is 0. The Kier molecular flexibility index (Phi) is 6.65. The number of ether oxygens (including phenoxy) is 2. The Morgan fingerprint density at radius 1 is 1.22 bits per heavy atom. The van der Waals surface area contributed by atoms with Crippen molar-refractivity contribution in [1.82, 2.24) is 10.3 Å². The van der Waals surface area contributed by atoms with Crippen molar-refractivity contribution >= 4 is 5.91 Å². The van der Waals surface area contributed by atoms with Gasteiger partial charge in [0.1, 0.15) is 0 Å². The third-order valence-electron chi connectivity index (χ3n) is 4.93. The van der Waals surface area contributed by atoms with Gasteiger partial charge >= 0.3 is 0 Å². The monoisotopic (exact) mass is 369 g/mol. The van der Waals surface area contributed by atoms with Crippen molar-refractivity contribution < 1.29 is 14.3 Å². The molecule has 6 nitrogen and oxygen atoms in total. The molecule has 0 radical (unpaired) electrons. The Morgan fingerprint density at radius 3 is 2.74 bits per heavy atom. The van der Waals surface area contributed by atoms with Gasteiger partial charge in [0.05, 0.1) is 6.61 Å². The Labute approximate surface area is 160 Å². The second-order valence-corrected chi connectivity index (χ2v) is 6.74. The summed E-state index contributed by atoms with van der Waals surface area (Å²) in [5.74, 6) is 2.24. The first-order chi connectivity index (χ1) is 13.2. The molecular weight excluding hydrogens is 342 g/mol. The van der Waals surface area contributed by atoms with E-state index in [4.69, 9.17) is 15.2 Å². The molecule has 1 heterocycles. The fourth-order valence-electron chi connectivity index (χ4n) is 3.48. The maximum absolute atomic E-state index is 12.4. The van der Waals surface area contributed by atoms with E-state index >= 15 is 0 Å². The molecule has 1 amide bonds. The summed E-state index contributed by atoms with van der Waals surface area (Å²) < 4.78 is 11.4. The Morgan fingerprint density at radius 2 is 2.04 bits per heavy atom. The number of hydrogen-bond donors (Lipinski definition) is 2. The second-order valence-electron chi connectivity index (χ2n) is 6.74. The number of rotatable bonds is 8. The van der Waals surface area contributed by atoms with Crippen LogP contribution in [0.1, 0.15) is 31.7 Å². The van der Waals surface area contributed by atoms with Gasteiger partial charge in [-0.15, -0.1) is 0 Å². The Bertz CT molecular complexity index is 749. The molecule has 1 aliphatic carbocycles. The van der Waals surface area contributed by atoms with Crippen LogP contribution in [0.2, 0.25) is 0 Å². The van der Waals surface area contributed by atoms with Gasteiger partial charge in [0.15, 0.2) is 11.5 Å². The molecule has 2 atom stereocenters. The maximum atomic E-state index is 12.4. The zero-order valence-electron chi connectivity index (χ0n) is 15.7. The Balaban J connectivity index is 1.55. The van der Waals surface area contributed by atoms with Crippen LogP contribution >= 0.6 is 0 Å². The van der Waals surface area contributed by atoms with Gasteiger partial charge in [0.25, 0.3) is 0 Å². The van der Waals surface area contributed by atoms with Gasteiger partial charge in [-0.2, -0.15) is 0 Å². The van der Waals surface area contributed by atoms with E-state index in [9.17, 15) is 4.79 Å². The zero-order chi connectivity index (χ0) is 19.1. The van der Waals surface area contributed by atoms with Crippen molar-refractivity contribution in [2.75, 3.05) is 13.2 Å². The van der Waals surface area contributed by atoms with Gasteiger partial charge < -0.3 is 20.5 Å². The van der Waals surface area contributed by atoms with E-state index in [1.807, 2.05) is 37.3 Å². The molecule has 1 fully saturated rings. The van der Waals surface area contributed by atoms with Crippen LogP contribution < -0.4 is 20.5 Å². The molecule has 2 aromatic rings. The van der Waals surface area contributed by atoms with Gasteiger partial charge in [0, 0.05) is 24.7 Å². The number of carbonyl (C=O) groups is 1. The largest absolute Gasteiger partial charge is 0.490 e. The third-order valence-corrected chi connectivity index (χ3v) is 4.93. The van der Waals surface area contributed by atoms with E-state index in [0.717, 1.165) is 24.8 Å². The smallest absolute Gasteiger partial charge is 0.223 e. The van der Waals surface area contributed by atoms with Crippen LogP contribution in [0.25, 0.3) is 0 Å². The normalized spacial score (nSPS) is 18.9. The number of nitrogens with one attached hydrogen (secondary N) is 1. The maximum Gasteiger partial charge on any atom is 0.223 e. The summed E-state index contributed by atoms with van der Waals surface area (Å²) in [5, 5.41) is 3.00. The lowest BCUT2D eigenvalue weighted by Crippen LogP contribution is -2.34. The lowest BCUT2D eigenvalue weighted by atomic mass is 9.95. The van der Waals surface area contributed by atoms with Gasteiger partial charge in [0.2, 0.25) is 11.8 Å². The van der Waals surface area contributed by atoms with Crippen LogP contribution in [0.5, 0.6) is 17.4 Å². The minimum absolute atomic E-state index is 0.0423. The first-order valence-electron chi connectivity index (χ1n) is 9.53. The van der Waals surface area contributed by atoms with E-state index in [1.165, 1.54) is 0 Å². The van der Waals surface area contributed by atoms with Gasteiger partial charge in [-0.1, -0.05) is 24.6 Å². The van der Waals surface area contributed by atoms with Crippen LogP contribution in [0.3, 0.4) is 0 Å². The molecule has 0 bridgehead atoms. The van der Waals surface area contributed by atoms with E-state index in [2.05, 4.69) is 10.3 Å². The third kappa shape index (κ3) is 4.98. The van der Waals surface area contributed by atoms with Gasteiger partial charge in [-0.05, 0) is 49.9 Å². The second kappa shape index (κ2) is 9.37. The van der Waals surface area contributed by atoms with E-state index in [1.54, 1.807) is 12.3 Å². The molecule has 144 valence electrons. The van der Waals surface area contributed by atoms with E-state index < -0.39 is 0 Å². The van der Waals surface area contributed by atoms with Crippen molar-refractivity contribution in [2.45, 2.75) is 32.7 Å². The average molecular weight is 369 g/mol. The summed E-state index contributed by atoms with van der Waals surface area (Å²) in [6.07, 6.45) is 4.77. The highest BCUT2D eigenvalue weighted by molar-refractivity contribution is 5.79. The number of nitrogens with two attached hydrogens (primary N) is 1. The minimum atomic E-state index is 0.0423. The van der Waals surface area contributed by atoms with E-state index in [0.29, 0.717) is 43.0 Å². The number of amides is 1. The number of hydrogen-bond acceptors (Lipinski definition) is 5. The molecule has 0 aliphatic heterocycles. The molecule has 6 heteroatoms. The zero-order valence-corrected chi connectivity index (χ0v) is 15.7. The topological polar surface area (TPSA) is 86.5 Å². The number of pyridine rings is 1. The minimum Gasteiger partial charge on any atom is -0.490 e. The standard InChI is InChI=1S/C21H27N3O3/c1-2-26-18-8-3-4-9-19(18)27-20-11-10-15(13-23-20)14-24-21(25)17-7-5-6-16(17)12-22/h3-4,8-11,13,16-17H,2,5-7,12,14,22H2,1H3,(H,24,25)/t16-,17-/m1/s1. The number of nitrogens with zero attached hydrogens (tertiary/aromatic N) is 1. The van der Waals surface area contributed by atoms with Crippen molar-refractivity contribution in [3.8, 4) is 17.4 Å². The van der Waals surface area contributed by atoms with Gasteiger partial charge in [-0.3, -0.25) is 4.79 Å². The molecule has 27 heavy (non-hydrogen) atoms. The first kappa shape index (κ1) is 19.2. The summed E-state index contributed by atoms with van der Waals surface area (Å²) in [4.78, 5) is 16.7. The van der Waals surface area contributed by atoms with Crippen LogP contribution in [-0.4, -0.2) is 24.0 Å². The number of carbonyl (C=O) groups excluding carboxylic acids is 1. The Hall–Kier alpha value is -2.60. The molecule has 0 spiro atoms. The number of benzene rings is 1. The predicted octanol–water partition coefficient (Wildman–Crippen LogP) is 3.26. The number of aromatic nitrogens is 1. The highest BCUT2D eigenvalue weighted by Gasteiger charge is 2.31. The highest BCUT2D eigenvalue weighted by Crippen LogP contribution is 2.31. The van der Waals surface area contributed by atoms with E-state index in [-0.39, 0.29) is 11.8 Å². The average Bonchev–Trinajstić information content (AvgIpc) is 3.18. The molecule has 1 aliphatic rings. The molecule has 3 rings (SSSR count). The fourth-order valence-corrected chi connectivity index (χ4v) is 3.48. The highest BCUT2D eigenvalue weighted by atomic mass is 16.5. The predicted molar refractivity (Wildman–Crippen MR) is 104 cm³/mol. The molecule has 3 N–H and O–H groups in total. The summed E-state index contributed by atoms with van der Waals surface area (Å²) in [5.41, 5.74) is 6.69. The molecule has 1 aromatic carbocycles. The lowest BCUT2D eigenvalue weighted by Gasteiger charge is -2.17. The first-order valence-corrected chi connectivity index (χ1v) is 9.53. The van der Waals surface area contributed by atoms with Crippen LogP contribution in [-0.2, 0) is 11.3 Å². The molecular formula is C21H27N3O3. The molecule has 1 saturated carbocycles. The van der Waals surface area contributed by atoms with Crippen LogP contribution in [0, 0.1) is 11.8 Å². The van der Waals surface area contributed by atoms with Crippen molar-refractivity contribution in [1.29, 1.82) is 0 Å². The number of para-hydroxylation sites is 2. The molecule has 0 unspecified atom stereocenters. The summed E-state index contributed by atoms with van der Waals surface area (Å²) in [7, 11) is 0. The lowest BCUT2D eigenvalue weighted by molar-refractivity contribution is -0.126. The van der Waals surface area contributed by atoms with Crippen molar-refractivity contribution in [2.24, 2.45) is 17.6 Å². The van der Waals surface area contributed by atoms with Crippen molar-refractivity contribution in [3.63, 3.8) is 0 Å². The quantitative estimate of drug-likeness (QED) is 0.746. The molecule has 0 saturated heterocycles. The fraction of sp³-hybridized carbons (Fsp3) is 0.429. The summed E-state index contributed by atoms with van der Waals surface area (Å²) in [6.45, 7) is 3.53. The van der Waals surface area contributed by atoms with Gasteiger partial charge in [-0.25, -0.2) is 4.98 Å².